The zero-order chi connectivity index (χ0) is 19.5. The second-order valence-electron chi connectivity index (χ2n) is 7.55. The minimum atomic E-state index is -0.443. The van der Waals surface area contributed by atoms with Crippen molar-refractivity contribution in [1.29, 1.82) is 0 Å². The summed E-state index contributed by atoms with van der Waals surface area (Å²) in [4.78, 5) is 25.0. The molecule has 1 amide bonds. The molecule has 1 atom stereocenters. The van der Waals surface area contributed by atoms with E-state index in [1.54, 1.807) is 18.4 Å². The highest BCUT2D eigenvalue weighted by molar-refractivity contribution is 5.95. The molecule has 4 rings (SSSR count). The Bertz CT molecular complexity index is 842. The summed E-state index contributed by atoms with van der Waals surface area (Å²) in [6, 6.07) is 8.76. The number of hydrogen-bond donors (Lipinski definition) is 3. The molecule has 0 unspecified atom stereocenters. The van der Waals surface area contributed by atoms with Gasteiger partial charge in [-0.1, -0.05) is 0 Å². The number of hydrogen-bond acceptors (Lipinski definition) is 5. The van der Waals surface area contributed by atoms with Crippen molar-refractivity contribution >= 4 is 17.3 Å². The highest BCUT2D eigenvalue weighted by Crippen LogP contribution is 2.31. The van der Waals surface area contributed by atoms with Gasteiger partial charge in [0.15, 0.2) is 11.8 Å². The van der Waals surface area contributed by atoms with E-state index >= 15 is 0 Å². The van der Waals surface area contributed by atoms with Crippen molar-refractivity contribution < 1.29 is 19.0 Å². The first-order valence-electron chi connectivity index (χ1n) is 9.83. The van der Waals surface area contributed by atoms with Gasteiger partial charge in [0.05, 0.1) is 30.8 Å². The lowest BCUT2D eigenvalue weighted by atomic mass is 10.1. The van der Waals surface area contributed by atoms with Crippen LogP contribution >= 0.6 is 0 Å². The Hall–Kier alpha value is -2.87. The van der Waals surface area contributed by atoms with Crippen molar-refractivity contribution in [3.05, 3.63) is 58.0 Å². The number of benzene rings is 1. The van der Waals surface area contributed by atoms with Crippen LogP contribution in [-0.2, 0) is 0 Å². The van der Waals surface area contributed by atoms with Gasteiger partial charge in [0, 0.05) is 30.5 Å². The highest BCUT2D eigenvalue weighted by Gasteiger charge is 2.30. The third-order valence-electron chi connectivity index (χ3n) is 5.49. The van der Waals surface area contributed by atoms with Crippen molar-refractivity contribution in [2.24, 2.45) is 0 Å². The molecule has 1 saturated heterocycles. The number of nitrogens with one attached hydrogen (secondary N) is 3. The van der Waals surface area contributed by atoms with E-state index in [9.17, 15) is 14.9 Å². The molecule has 0 spiro atoms. The number of amides is 1. The van der Waals surface area contributed by atoms with Gasteiger partial charge in [-0.25, -0.2) is 0 Å². The lowest BCUT2D eigenvalue weighted by Gasteiger charge is -2.23. The summed E-state index contributed by atoms with van der Waals surface area (Å²) in [5, 5.41) is 17.5. The van der Waals surface area contributed by atoms with Crippen LogP contribution in [0.4, 0.5) is 11.4 Å². The van der Waals surface area contributed by atoms with E-state index in [2.05, 4.69) is 10.6 Å². The number of furan rings is 1. The molecule has 8 heteroatoms. The SMILES string of the molecule is O=C(NC[C@H](c1ccco1)[NH+]1CCCC1)c1ccc(NC2CC2)c([N+](=O)[O-])c1. The molecule has 1 aliphatic carbocycles. The van der Waals surface area contributed by atoms with Crippen LogP contribution in [0, 0.1) is 10.1 Å². The van der Waals surface area contributed by atoms with E-state index in [1.165, 1.54) is 23.8 Å². The summed E-state index contributed by atoms with van der Waals surface area (Å²) in [5.74, 6) is 0.545. The van der Waals surface area contributed by atoms with Crippen LogP contribution in [0.2, 0.25) is 0 Å². The number of anilines is 1. The molecule has 0 bridgehead atoms. The fraction of sp³-hybridized carbons (Fsp3) is 0.450. The average Bonchev–Trinajstić information content (AvgIpc) is 3.14. The third-order valence-corrected chi connectivity index (χ3v) is 5.49. The Labute approximate surface area is 163 Å². The van der Waals surface area contributed by atoms with Gasteiger partial charge in [-0.05, 0) is 37.1 Å². The molecule has 148 valence electrons. The fourth-order valence-electron chi connectivity index (χ4n) is 3.80. The number of likely N-dealkylation sites (tertiary alicyclic amines) is 1. The molecule has 1 aromatic heterocycles. The lowest BCUT2D eigenvalue weighted by molar-refractivity contribution is -0.919. The molecule has 1 aliphatic heterocycles. The van der Waals surface area contributed by atoms with Crippen LogP contribution in [0.5, 0.6) is 0 Å². The van der Waals surface area contributed by atoms with Crippen LogP contribution in [0.25, 0.3) is 0 Å². The predicted octanol–water partition coefficient (Wildman–Crippen LogP) is 1.91. The summed E-state index contributed by atoms with van der Waals surface area (Å²) in [5.41, 5.74) is 0.703. The molecular formula is C20H25N4O4+. The quantitative estimate of drug-likeness (QED) is 0.476. The molecule has 0 radical (unpaired) electrons. The number of rotatable bonds is 8. The number of quaternary nitrogens is 1. The molecule has 1 saturated carbocycles. The van der Waals surface area contributed by atoms with E-state index in [-0.39, 0.29) is 17.6 Å². The fourth-order valence-corrected chi connectivity index (χ4v) is 3.80. The largest absolute Gasteiger partial charge is 0.463 e. The third kappa shape index (κ3) is 4.17. The van der Waals surface area contributed by atoms with Gasteiger partial charge in [0.2, 0.25) is 0 Å². The zero-order valence-corrected chi connectivity index (χ0v) is 15.6. The van der Waals surface area contributed by atoms with Crippen molar-refractivity contribution in [3.63, 3.8) is 0 Å². The molecular weight excluding hydrogens is 360 g/mol. The first kappa shape index (κ1) is 18.5. The van der Waals surface area contributed by atoms with Gasteiger partial charge in [-0.3, -0.25) is 14.9 Å². The van der Waals surface area contributed by atoms with Crippen LogP contribution in [0.1, 0.15) is 47.8 Å². The van der Waals surface area contributed by atoms with E-state index in [1.807, 2.05) is 12.1 Å². The minimum absolute atomic E-state index is 0.0484. The van der Waals surface area contributed by atoms with Gasteiger partial charge in [-0.2, -0.15) is 0 Å². The highest BCUT2D eigenvalue weighted by atomic mass is 16.6. The second kappa shape index (κ2) is 8.02. The van der Waals surface area contributed by atoms with Crippen LogP contribution in [0.3, 0.4) is 0 Å². The standard InChI is InChI=1S/C20H24N4O4/c25-20(14-5-8-16(22-15-6-7-15)17(12-14)24(26)27)21-13-18(19-4-3-11-28-19)23-9-1-2-10-23/h3-5,8,11-12,15,18,22H,1-2,6-7,9-10,13H2,(H,21,25)/p+1/t18-/m1/s1. The van der Waals surface area contributed by atoms with E-state index in [0.717, 1.165) is 31.7 Å². The summed E-state index contributed by atoms with van der Waals surface area (Å²) in [6.45, 7) is 2.53. The second-order valence-corrected chi connectivity index (χ2v) is 7.55. The molecule has 2 aliphatic rings. The zero-order valence-electron chi connectivity index (χ0n) is 15.6. The molecule has 2 aromatic rings. The summed E-state index contributed by atoms with van der Waals surface area (Å²) in [6.07, 6.45) is 6.03. The topological polar surface area (TPSA) is 102 Å². The Balaban J connectivity index is 1.46. The van der Waals surface area contributed by atoms with E-state index < -0.39 is 4.92 Å². The van der Waals surface area contributed by atoms with Crippen LogP contribution in [0.15, 0.2) is 41.0 Å². The Morgan fingerprint density at radius 1 is 1.29 bits per heavy atom. The maximum atomic E-state index is 12.7. The number of nitro groups is 1. The van der Waals surface area contributed by atoms with Crippen molar-refractivity contribution in [1.82, 2.24) is 5.32 Å². The Kier molecular flexibility index (Phi) is 5.29. The smallest absolute Gasteiger partial charge is 0.293 e. The van der Waals surface area contributed by atoms with Gasteiger partial charge in [0.25, 0.3) is 11.6 Å². The Morgan fingerprint density at radius 2 is 2.07 bits per heavy atom. The van der Waals surface area contributed by atoms with Crippen molar-refractivity contribution in [2.75, 3.05) is 25.0 Å². The van der Waals surface area contributed by atoms with Crippen molar-refractivity contribution in [2.45, 2.75) is 37.8 Å². The molecule has 28 heavy (non-hydrogen) atoms. The summed E-state index contributed by atoms with van der Waals surface area (Å²) < 4.78 is 5.59. The van der Waals surface area contributed by atoms with Gasteiger partial charge < -0.3 is 20.0 Å². The van der Waals surface area contributed by atoms with E-state index in [0.29, 0.717) is 23.8 Å². The summed E-state index contributed by atoms with van der Waals surface area (Å²) in [7, 11) is 0. The Morgan fingerprint density at radius 3 is 2.71 bits per heavy atom. The molecule has 2 heterocycles. The van der Waals surface area contributed by atoms with Gasteiger partial charge >= 0.3 is 0 Å². The molecule has 8 nitrogen and oxygen atoms in total. The van der Waals surface area contributed by atoms with Gasteiger partial charge in [0.1, 0.15) is 5.69 Å². The minimum Gasteiger partial charge on any atom is -0.463 e. The normalized spacial score (nSPS) is 18.0. The number of carbonyl (C=O) groups is 1. The van der Waals surface area contributed by atoms with Gasteiger partial charge in [-0.15, -0.1) is 0 Å². The molecule has 1 aromatic carbocycles. The molecule has 3 N–H and O–H groups in total. The first-order valence-corrected chi connectivity index (χ1v) is 9.83. The lowest BCUT2D eigenvalue weighted by Crippen LogP contribution is -3.11. The number of nitrogens with zero attached hydrogens (tertiary/aromatic N) is 1. The maximum absolute atomic E-state index is 12.7. The monoisotopic (exact) mass is 385 g/mol. The van der Waals surface area contributed by atoms with E-state index in [4.69, 9.17) is 4.42 Å². The maximum Gasteiger partial charge on any atom is 0.293 e. The number of carbonyl (C=O) groups excluding carboxylic acids is 1. The average molecular weight is 385 g/mol. The van der Waals surface area contributed by atoms with Crippen LogP contribution < -0.4 is 15.5 Å². The molecule has 2 fully saturated rings. The number of nitro benzene ring substituents is 1. The predicted molar refractivity (Wildman–Crippen MR) is 103 cm³/mol. The summed E-state index contributed by atoms with van der Waals surface area (Å²) >= 11 is 0. The first-order chi connectivity index (χ1) is 13.6. The van der Waals surface area contributed by atoms with Crippen LogP contribution in [-0.4, -0.2) is 36.5 Å². The van der Waals surface area contributed by atoms with Crippen molar-refractivity contribution in [3.8, 4) is 0 Å².